The zero-order chi connectivity index (χ0) is 12.4. The maximum absolute atomic E-state index is 13.3. The van der Waals surface area contributed by atoms with Gasteiger partial charge < -0.3 is 15.5 Å². The van der Waals surface area contributed by atoms with Crippen LogP contribution in [0.2, 0.25) is 0 Å². The van der Waals surface area contributed by atoms with Gasteiger partial charge in [0.2, 0.25) is 0 Å². The first-order valence-electron chi connectivity index (χ1n) is 5.58. The van der Waals surface area contributed by atoms with Crippen LogP contribution in [0.3, 0.4) is 0 Å². The lowest BCUT2D eigenvalue weighted by Gasteiger charge is -2.16. The molecule has 0 bridgehead atoms. The van der Waals surface area contributed by atoms with Crippen LogP contribution in [0.1, 0.15) is 11.1 Å². The first kappa shape index (κ1) is 11.9. The third kappa shape index (κ3) is 2.55. The fourth-order valence-electron chi connectivity index (χ4n) is 2.00. The number of nitrogens with two attached hydrogens (primary N) is 1. The fourth-order valence-corrected chi connectivity index (χ4v) is 2.00. The molecule has 0 radical (unpaired) electrons. The van der Waals surface area contributed by atoms with Crippen LogP contribution >= 0.6 is 0 Å². The van der Waals surface area contributed by atoms with Crippen molar-refractivity contribution in [3.8, 4) is 0 Å². The summed E-state index contributed by atoms with van der Waals surface area (Å²) in [4.78, 5) is 15.0. The van der Waals surface area contributed by atoms with Gasteiger partial charge in [0.05, 0.1) is 0 Å². The molecular formula is C12H16FN3O. The highest BCUT2D eigenvalue weighted by Gasteiger charge is 2.25. The molecule has 0 atom stereocenters. The Hall–Kier alpha value is -1.62. The molecule has 1 saturated heterocycles. The third-order valence-corrected chi connectivity index (χ3v) is 2.93. The summed E-state index contributed by atoms with van der Waals surface area (Å²) in [6.07, 6.45) is 0. The highest BCUT2D eigenvalue weighted by Crippen LogP contribution is 2.14. The standard InChI is InChI=1S/C12H16FN3O/c1-15-2-3-16(12(15)17)8-10-4-9(7-14)5-11(13)6-10/h4-6H,2-3,7-8,14H2,1H3. The molecule has 1 aromatic carbocycles. The minimum absolute atomic E-state index is 0.0106. The van der Waals surface area contributed by atoms with E-state index in [9.17, 15) is 9.18 Å². The third-order valence-electron chi connectivity index (χ3n) is 2.93. The van der Waals surface area contributed by atoms with E-state index in [0.717, 1.165) is 17.7 Å². The number of likely N-dealkylation sites (N-methyl/N-ethyl adjacent to an activating group) is 1. The second kappa shape index (κ2) is 4.71. The van der Waals surface area contributed by atoms with Gasteiger partial charge >= 0.3 is 6.03 Å². The largest absolute Gasteiger partial charge is 0.326 e. The van der Waals surface area contributed by atoms with Gasteiger partial charge in [-0.3, -0.25) is 0 Å². The minimum atomic E-state index is -0.303. The molecule has 2 rings (SSSR count). The lowest BCUT2D eigenvalue weighted by Crippen LogP contribution is -2.29. The molecule has 4 nitrogen and oxygen atoms in total. The molecule has 1 aliphatic rings. The number of amides is 2. The van der Waals surface area contributed by atoms with Gasteiger partial charge in [0.1, 0.15) is 5.82 Å². The van der Waals surface area contributed by atoms with E-state index in [4.69, 9.17) is 5.73 Å². The van der Waals surface area contributed by atoms with Gasteiger partial charge in [0.15, 0.2) is 0 Å². The van der Waals surface area contributed by atoms with Gasteiger partial charge in [-0.2, -0.15) is 0 Å². The molecule has 17 heavy (non-hydrogen) atoms. The number of hydrogen-bond donors (Lipinski definition) is 1. The molecular weight excluding hydrogens is 221 g/mol. The van der Waals surface area contributed by atoms with Crippen molar-refractivity contribution in [2.45, 2.75) is 13.1 Å². The van der Waals surface area contributed by atoms with Crippen LogP contribution in [0.15, 0.2) is 18.2 Å². The van der Waals surface area contributed by atoms with E-state index >= 15 is 0 Å². The number of benzene rings is 1. The average molecular weight is 237 g/mol. The molecule has 0 spiro atoms. The van der Waals surface area contributed by atoms with Crippen molar-refractivity contribution in [2.75, 3.05) is 20.1 Å². The molecule has 1 aliphatic heterocycles. The molecule has 0 aromatic heterocycles. The van der Waals surface area contributed by atoms with E-state index < -0.39 is 0 Å². The van der Waals surface area contributed by atoms with Crippen molar-refractivity contribution in [1.82, 2.24) is 9.80 Å². The highest BCUT2D eigenvalue weighted by atomic mass is 19.1. The summed E-state index contributed by atoms with van der Waals surface area (Å²) in [7, 11) is 1.76. The van der Waals surface area contributed by atoms with Crippen LogP contribution < -0.4 is 5.73 Å². The molecule has 1 heterocycles. The van der Waals surface area contributed by atoms with Gasteiger partial charge in [-0.05, 0) is 23.3 Å². The number of rotatable bonds is 3. The number of carbonyl (C=O) groups excluding carboxylic acids is 1. The molecule has 2 N–H and O–H groups in total. The second-order valence-electron chi connectivity index (χ2n) is 4.30. The van der Waals surface area contributed by atoms with Crippen LogP contribution in [0.25, 0.3) is 0 Å². The first-order chi connectivity index (χ1) is 8.10. The molecule has 2 amide bonds. The summed E-state index contributed by atoms with van der Waals surface area (Å²) in [6, 6.07) is 4.70. The van der Waals surface area contributed by atoms with E-state index in [1.165, 1.54) is 12.1 Å². The molecule has 1 fully saturated rings. The molecule has 0 aliphatic carbocycles. The van der Waals surface area contributed by atoms with Crippen molar-refractivity contribution in [1.29, 1.82) is 0 Å². The normalized spacial score (nSPS) is 15.8. The maximum Gasteiger partial charge on any atom is 0.320 e. The minimum Gasteiger partial charge on any atom is -0.326 e. The number of urea groups is 1. The Balaban J connectivity index is 2.13. The van der Waals surface area contributed by atoms with E-state index in [1.807, 2.05) is 6.07 Å². The van der Waals surface area contributed by atoms with Crippen molar-refractivity contribution in [3.63, 3.8) is 0 Å². The van der Waals surface area contributed by atoms with Crippen LogP contribution in [0, 0.1) is 5.82 Å². The van der Waals surface area contributed by atoms with Crippen LogP contribution in [-0.2, 0) is 13.1 Å². The number of hydrogen-bond acceptors (Lipinski definition) is 2. The molecule has 5 heteroatoms. The smallest absolute Gasteiger partial charge is 0.320 e. The summed E-state index contributed by atoms with van der Waals surface area (Å²) >= 11 is 0. The van der Waals surface area contributed by atoms with Crippen molar-refractivity contribution < 1.29 is 9.18 Å². The second-order valence-corrected chi connectivity index (χ2v) is 4.30. The lowest BCUT2D eigenvalue weighted by atomic mass is 10.1. The summed E-state index contributed by atoms with van der Waals surface area (Å²) in [5, 5.41) is 0. The summed E-state index contributed by atoms with van der Waals surface area (Å²) in [5.74, 6) is -0.303. The molecule has 1 aromatic rings. The topological polar surface area (TPSA) is 49.6 Å². The Morgan fingerprint density at radius 3 is 2.59 bits per heavy atom. The fraction of sp³-hybridized carbons (Fsp3) is 0.417. The van der Waals surface area contributed by atoms with Gasteiger partial charge in [0, 0.05) is 33.2 Å². The van der Waals surface area contributed by atoms with Crippen molar-refractivity contribution >= 4 is 6.03 Å². The Morgan fingerprint density at radius 2 is 2.00 bits per heavy atom. The number of halogens is 1. The average Bonchev–Trinajstić information content (AvgIpc) is 2.60. The quantitative estimate of drug-likeness (QED) is 0.857. The van der Waals surface area contributed by atoms with Crippen molar-refractivity contribution in [2.24, 2.45) is 5.73 Å². The van der Waals surface area contributed by atoms with Crippen LogP contribution in [0.4, 0.5) is 9.18 Å². The Bertz CT molecular complexity index is 436. The predicted octanol–water partition coefficient (Wildman–Crippen LogP) is 1.15. The van der Waals surface area contributed by atoms with Gasteiger partial charge in [-0.15, -0.1) is 0 Å². The molecule has 0 unspecified atom stereocenters. The highest BCUT2D eigenvalue weighted by molar-refractivity contribution is 5.76. The summed E-state index contributed by atoms with van der Waals surface area (Å²) < 4.78 is 13.3. The zero-order valence-electron chi connectivity index (χ0n) is 9.82. The molecule has 0 saturated carbocycles. The lowest BCUT2D eigenvalue weighted by molar-refractivity contribution is 0.197. The SMILES string of the molecule is CN1CCN(Cc2cc(F)cc(CN)c2)C1=O. The van der Waals surface area contributed by atoms with E-state index in [1.54, 1.807) is 16.8 Å². The van der Waals surface area contributed by atoms with Crippen molar-refractivity contribution in [3.05, 3.63) is 35.1 Å². The van der Waals surface area contributed by atoms with E-state index in [-0.39, 0.29) is 11.8 Å². The zero-order valence-corrected chi connectivity index (χ0v) is 9.82. The predicted molar refractivity (Wildman–Crippen MR) is 62.7 cm³/mol. The van der Waals surface area contributed by atoms with Gasteiger partial charge in [-0.1, -0.05) is 6.07 Å². The Morgan fingerprint density at radius 1 is 1.29 bits per heavy atom. The number of nitrogens with zero attached hydrogens (tertiary/aromatic N) is 2. The van der Waals surface area contributed by atoms with Gasteiger partial charge in [0.25, 0.3) is 0 Å². The van der Waals surface area contributed by atoms with Crippen LogP contribution in [-0.4, -0.2) is 36.0 Å². The van der Waals surface area contributed by atoms with Gasteiger partial charge in [-0.25, -0.2) is 9.18 Å². The Kier molecular flexibility index (Phi) is 3.28. The Labute approximate surface area is 99.8 Å². The summed E-state index contributed by atoms with van der Waals surface area (Å²) in [6.45, 7) is 2.15. The van der Waals surface area contributed by atoms with E-state index in [2.05, 4.69) is 0 Å². The monoisotopic (exact) mass is 237 g/mol. The summed E-state index contributed by atoms with van der Waals surface area (Å²) in [5.41, 5.74) is 7.03. The molecule has 92 valence electrons. The van der Waals surface area contributed by atoms with E-state index in [0.29, 0.717) is 19.6 Å². The van der Waals surface area contributed by atoms with Crippen LogP contribution in [0.5, 0.6) is 0 Å². The maximum atomic E-state index is 13.3. The first-order valence-corrected chi connectivity index (χ1v) is 5.58. The number of carbonyl (C=O) groups is 1.